The molecule has 2 fully saturated rings. The van der Waals surface area contributed by atoms with E-state index in [1.54, 1.807) is 11.8 Å². The van der Waals surface area contributed by atoms with Crippen LogP contribution in [0, 0.1) is 5.92 Å². The molecular weight excluding hydrogens is 254 g/mol. The maximum atomic E-state index is 12.2. The average molecular weight is 276 g/mol. The molecule has 2 atom stereocenters. The lowest BCUT2D eigenvalue weighted by molar-refractivity contribution is -0.141. The molecule has 0 spiro atoms. The van der Waals surface area contributed by atoms with Crippen molar-refractivity contribution >= 4 is 24.2 Å². The van der Waals surface area contributed by atoms with Gasteiger partial charge in [-0.3, -0.25) is 9.59 Å². The summed E-state index contributed by atoms with van der Waals surface area (Å²) in [4.78, 5) is 27.1. The molecule has 6 heteroatoms. The minimum Gasteiger partial charge on any atom is -0.339 e. The number of rotatable bonds is 1. The van der Waals surface area contributed by atoms with Crippen LogP contribution in [0.4, 0.5) is 0 Å². The number of nitrogens with zero attached hydrogens (tertiary/aromatic N) is 2. The zero-order valence-corrected chi connectivity index (χ0v) is 11.6. The van der Waals surface area contributed by atoms with E-state index >= 15 is 0 Å². The van der Waals surface area contributed by atoms with Gasteiger partial charge in [0.25, 0.3) is 0 Å². The van der Waals surface area contributed by atoms with E-state index in [2.05, 4.69) is 0 Å². The van der Waals surface area contributed by atoms with Crippen molar-refractivity contribution in [2.75, 3.05) is 26.2 Å². The quantitative estimate of drug-likeness (QED) is 0.745. The average Bonchev–Trinajstić information content (AvgIpc) is 2.74. The van der Waals surface area contributed by atoms with E-state index < -0.39 is 0 Å². The fraction of sp³-hybridized carbons (Fsp3) is 0.833. The number of nitrogens with two attached hydrogens (primary N) is 1. The largest absolute Gasteiger partial charge is 0.339 e. The van der Waals surface area contributed by atoms with Gasteiger partial charge >= 0.3 is 0 Å². The summed E-state index contributed by atoms with van der Waals surface area (Å²) in [6, 6.07) is 0.0355. The first-order valence-corrected chi connectivity index (χ1v) is 6.39. The predicted molar refractivity (Wildman–Crippen MR) is 71.4 cm³/mol. The Labute approximate surface area is 114 Å². The van der Waals surface area contributed by atoms with E-state index in [4.69, 9.17) is 5.73 Å². The van der Waals surface area contributed by atoms with Crippen molar-refractivity contribution in [3.8, 4) is 0 Å². The summed E-state index contributed by atoms with van der Waals surface area (Å²) in [7, 11) is 0. The number of amides is 2. The molecule has 5 nitrogen and oxygen atoms in total. The highest BCUT2D eigenvalue weighted by atomic mass is 35.5. The van der Waals surface area contributed by atoms with Gasteiger partial charge in [-0.1, -0.05) is 6.42 Å². The zero-order valence-electron chi connectivity index (χ0n) is 10.8. The summed E-state index contributed by atoms with van der Waals surface area (Å²) in [6.07, 6.45) is 2.95. The lowest BCUT2D eigenvalue weighted by Crippen LogP contribution is -2.52. The SMILES string of the molecule is CC(=O)N1CCN(C(=O)C2CCCC2N)CC1.Cl. The van der Waals surface area contributed by atoms with Crippen LogP contribution >= 0.6 is 12.4 Å². The Bertz CT molecular complexity index is 316. The van der Waals surface area contributed by atoms with Crippen LogP contribution in [0.1, 0.15) is 26.2 Å². The number of piperazine rings is 1. The molecule has 2 aliphatic rings. The fourth-order valence-corrected chi connectivity index (χ4v) is 2.77. The molecule has 1 saturated heterocycles. The summed E-state index contributed by atoms with van der Waals surface area (Å²) >= 11 is 0. The molecule has 0 aromatic carbocycles. The van der Waals surface area contributed by atoms with Crippen molar-refractivity contribution in [3.63, 3.8) is 0 Å². The summed E-state index contributed by atoms with van der Waals surface area (Å²) < 4.78 is 0. The van der Waals surface area contributed by atoms with Crippen molar-refractivity contribution in [1.29, 1.82) is 0 Å². The molecule has 0 aromatic heterocycles. The highest BCUT2D eigenvalue weighted by Gasteiger charge is 2.34. The van der Waals surface area contributed by atoms with Crippen molar-refractivity contribution in [2.24, 2.45) is 11.7 Å². The zero-order chi connectivity index (χ0) is 12.4. The summed E-state index contributed by atoms with van der Waals surface area (Å²) in [6.45, 7) is 4.19. The monoisotopic (exact) mass is 275 g/mol. The Balaban J connectivity index is 0.00000162. The molecule has 2 N–H and O–H groups in total. The standard InChI is InChI=1S/C12H21N3O2.ClH/c1-9(16)14-5-7-15(8-6-14)12(17)10-3-2-4-11(10)13;/h10-11H,2-8,13H2,1H3;1H. The van der Waals surface area contributed by atoms with E-state index in [9.17, 15) is 9.59 Å². The minimum absolute atomic E-state index is 0. The molecule has 104 valence electrons. The predicted octanol–water partition coefficient (Wildman–Crippen LogP) is 0.226. The van der Waals surface area contributed by atoms with Gasteiger partial charge in [-0.15, -0.1) is 12.4 Å². The molecular formula is C12H22ClN3O2. The molecule has 1 aliphatic carbocycles. The maximum absolute atomic E-state index is 12.2. The van der Waals surface area contributed by atoms with Crippen LogP contribution in [0.3, 0.4) is 0 Å². The number of hydrogen-bond donors (Lipinski definition) is 1. The highest BCUT2D eigenvalue weighted by Crippen LogP contribution is 2.26. The second kappa shape index (κ2) is 6.38. The van der Waals surface area contributed by atoms with Crippen molar-refractivity contribution in [3.05, 3.63) is 0 Å². The first-order chi connectivity index (χ1) is 8.09. The summed E-state index contributed by atoms with van der Waals surface area (Å²) in [5.74, 6) is 0.298. The normalized spacial score (nSPS) is 27.9. The summed E-state index contributed by atoms with van der Waals surface area (Å²) in [5.41, 5.74) is 5.95. The smallest absolute Gasteiger partial charge is 0.227 e. The number of carbonyl (C=O) groups excluding carboxylic acids is 2. The molecule has 2 rings (SSSR count). The van der Waals surface area contributed by atoms with Gasteiger partial charge < -0.3 is 15.5 Å². The van der Waals surface area contributed by atoms with E-state index in [1.807, 2.05) is 4.90 Å². The van der Waals surface area contributed by atoms with E-state index in [1.165, 1.54) is 0 Å². The minimum atomic E-state index is 0. The van der Waals surface area contributed by atoms with Crippen LogP contribution < -0.4 is 5.73 Å². The number of halogens is 1. The van der Waals surface area contributed by atoms with Crippen molar-refractivity contribution < 1.29 is 9.59 Å². The first kappa shape index (κ1) is 15.2. The molecule has 0 bridgehead atoms. The lowest BCUT2D eigenvalue weighted by atomic mass is 10.0. The molecule has 0 radical (unpaired) electrons. The van der Waals surface area contributed by atoms with Crippen molar-refractivity contribution in [1.82, 2.24) is 9.80 Å². The maximum Gasteiger partial charge on any atom is 0.227 e. The Hall–Kier alpha value is -0.810. The second-order valence-corrected chi connectivity index (χ2v) is 5.03. The molecule has 1 aliphatic heterocycles. The number of carbonyl (C=O) groups is 2. The number of hydrogen-bond acceptors (Lipinski definition) is 3. The third-order valence-electron chi connectivity index (χ3n) is 3.92. The van der Waals surface area contributed by atoms with Gasteiger partial charge in [-0.05, 0) is 12.8 Å². The second-order valence-electron chi connectivity index (χ2n) is 5.03. The van der Waals surface area contributed by atoms with Crippen LogP contribution in [0.2, 0.25) is 0 Å². The van der Waals surface area contributed by atoms with Gasteiger partial charge in [0.2, 0.25) is 11.8 Å². The Morgan fingerprint density at radius 3 is 2.06 bits per heavy atom. The van der Waals surface area contributed by atoms with Gasteiger partial charge in [0.15, 0.2) is 0 Å². The third kappa shape index (κ3) is 3.14. The van der Waals surface area contributed by atoms with Crippen LogP contribution in [-0.2, 0) is 9.59 Å². The van der Waals surface area contributed by atoms with Crippen molar-refractivity contribution in [2.45, 2.75) is 32.2 Å². The topological polar surface area (TPSA) is 66.6 Å². The molecule has 0 aromatic rings. The summed E-state index contributed by atoms with van der Waals surface area (Å²) in [5, 5.41) is 0. The van der Waals surface area contributed by atoms with E-state index in [-0.39, 0.29) is 36.2 Å². The lowest BCUT2D eigenvalue weighted by Gasteiger charge is -2.36. The fourth-order valence-electron chi connectivity index (χ4n) is 2.77. The van der Waals surface area contributed by atoms with Crippen LogP contribution in [0.15, 0.2) is 0 Å². The Morgan fingerprint density at radius 1 is 1.06 bits per heavy atom. The Morgan fingerprint density at radius 2 is 1.61 bits per heavy atom. The van der Waals surface area contributed by atoms with E-state index in [0.29, 0.717) is 26.2 Å². The van der Waals surface area contributed by atoms with Gasteiger partial charge in [0, 0.05) is 39.1 Å². The Kier molecular flexibility index (Phi) is 5.41. The van der Waals surface area contributed by atoms with Gasteiger partial charge in [-0.25, -0.2) is 0 Å². The van der Waals surface area contributed by atoms with Gasteiger partial charge in [-0.2, -0.15) is 0 Å². The van der Waals surface area contributed by atoms with E-state index in [0.717, 1.165) is 19.3 Å². The molecule has 2 amide bonds. The molecule has 1 saturated carbocycles. The van der Waals surface area contributed by atoms with Crippen LogP contribution in [-0.4, -0.2) is 53.8 Å². The van der Waals surface area contributed by atoms with Gasteiger partial charge in [0.1, 0.15) is 0 Å². The molecule has 2 unspecified atom stereocenters. The highest BCUT2D eigenvalue weighted by molar-refractivity contribution is 5.85. The first-order valence-electron chi connectivity index (χ1n) is 6.39. The van der Waals surface area contributed by atoms with Crippen LogP contribution in [0.5, 0.6) is 0 Å². The third-order valence-corrected chi connectivity index (χ3v) is 3.92. The molecule has 1 heterocycles. The molecule has 18 heavy (non-hydrogen) atoms. The van der Waals surface area contributed by atoms with Crippen LogP contribution in [0.25, 0.3) is 0 Å². The van der Waals surface area contributed by atoms with Gasteiger partial charge in [0.05, 0.1) is 5.92 Å².